The number of hydrogen-bond acceptors (Lipinski definition) is 4. The lowest BCUT2D eigenvalue weighted by Crippen LogP contribution is -2.08. The van der Waals surface area contributed by atoms with E-state index in [-0.39, 0.29) is 22.8 Å². The van der Waals surface area contributed by atoms with Gasteiger partial charge in [0.2, 0.25) is 5.95 Å². The minimum atomic E-state index is -1.03. The molecular weight excluding hydrogens is 209 g/mol. The fourth-order valence-corrected chi connectivity index (χ4v) is 0.965. The van der Waals surface area contributed by atoms with Gasteiger partial charge in [0.15, 0.2) is 5.78 Å². The van der Waals surface area contributed by atoms with Crippen molar-refractivity contribution in [2.24, 2.45) is 0 Å². The van der Waals surface area contributed by atoms with Crippen LogP contribution in [0.4, 0.5) is 10.1 Å². The quantitative estimate of drug-likeness (QED) is 0.453. The van der Waals surface area contributed by atoms with Gasteiger partial charge < -0.3 is 5.73 Å². The zero-order valence-corrected chi connectivity index (χ0v) is 7.68. The standard InChI is InChI=1S/C8H5ClFN3O/c9-2-6(14)5-1-4(3-11)7(12)8(10)13-5/h1H,2,12H2. The molecule has 0 aliphatic carbocycles. The highest BCUT2D eigenvalue weighted by molar-refractivity contribution is 6.30. The maximum absolute atomic E-state index is 12.9. The van der Waals surface area contributed by atoms with Crippen molar-refractivity contribution in [1.29, 1.82) is 5.26 Å². The molecule has 0 aliphatic rings. The first kappa shape index (κ1) is 10.4. The third-order valence-electron chi connectivity index (χ3n) is 1.54. The number of alkyl halides is 1. The van der Waals surface area contributed by atoms with Crippen LogP contribution >= 0.6 is 11.6 Å². The molecule has 4 nitrogen and oxygen atoms in total. The number of carbonyl (C=O) groups is 1. The zero-order valence-electron chi connectivity index (χ0n) is 6.92. The van der Waals surface area contributed by atoms with E-state index in [1.54, 1.807) is 6.07 Å². The fourth-order valence-electron chi connectivity index (χ4n) is 0.828. The van der Waals surface area contributed by atoms with Crippen LogP contribution in [-0.4, -0.2) is 16.6 Å². The van der Waals surface area contributed by atoms with E-state index in [0.717, 1.165) is 6.07 Å². The fraction of sp³-hybridized carbons (Fsp3) is 0.125. The lowest BCUT2D eigenvalue weighted by Gasteiger charge is -2.01. The molecule has 1 aromatic heterocycles. The average Bonchev–Trinajstić information content (AvgIpc) is 2.20. The number of Topliss-reactive ketones (excluding diaryl/α,β-unsaturated/α-hetero) is 1. The lowest BCUT2D eigenvalue weighted by molar-refractivity contribution is 0.101. The minimum absolute atomic E-state index is 0.119. The number of ketones is 1. The number of rotatable bonds is 2. The van der Waals surface area contributed by atoms with Crippen LogP contribution in [0.3, 0.4) is 0 Å². The van der Waals surface area contributed by atoms with Crippen LogP contribution in [0.5, 0.6) is 0 Å². The molecule has 0 radical (unpaired) electrons. The highest BCUT2D eigenvalue weighted by Crippen LogP contribution is 2.15. The lowest BCUT2D eigenvalue weighted by atomic mass is 10.2. The van der Waals surface area contributed by atoms with Crippen LogP contribution < -0.4 is 5.73 Å². The Morgan fingerprint density at radius 2 is 2.43 bits per heavy atom. The Kier molecular flexibility index (Phi) is 2.99. The summed E-state index contributed by atoms with van der Waals surface area (Å²) in [5.74, 6) is -1.90. The molecule has 0 fully saturated rings. The van der Waals surface area contributed by atoms with Gasteiger partial charge in [0.05, 0.1) is 11.4 Å². The van der Waals surface area contributed by atoms with E-state index in [2.05, 4.69) is 4.98 Å². The summed E-state index contributed by atoms with van der Waals surface area (Å²) in [7, 11) is 0. The Balaban J connectivity index is 3.32. The number of hydrogen-bond donors (Lipinski definition) is 1. The normalized spacial score (nSPS) is 9.50. The molecule has 6 heteroatoms. The van der Waals surface area contributed by atoms with Gasteiger partial charge in [-0.3, -0.25) is 4.79 Å². The summed E-state index contributed by atoms with van der Waals surface area (Å²) >= 11 is 5.25. The van der Waals surface area contributed by atoms with Crippen molar-refractivity contribution in [3.63, 3.8) is 0 Å². The zero-order chi connectivity index (χ0) is 10.7. The molecule has 72 valence electrons. The highest BCUT2D eigenvalue weighted by Gasteiger charge is 2.13. The van der Waals surface area contributed by atoms with Gasteiger partial charge in [-0.2, -0.15) is 9.65 Å². The largest absolute Gasteiger partial charge is 0.394 e. The molecular formula is C8H5ClFN3O. The van der Waals surface area contributed by atoms with Gasteiger partial charge in [-0.25, -0.2) is 4.98 Å². The first-order valence-electron chi connectivity index (χ1n) is 3.55. The van der Waals surface area contributed by atoms with E-state index in [0.29, 0.717) is 0 Å². The van der Waals surface area contributed by atoms with Crippen molar-refractivity contribution in [2.45, 2.75) is 0 Å². The Morgan fingerprint density at radius 1 is 1.79 bits per heavy atom. The van der Waals surface area contributed by atoms with Crippen molar-refractivity contribution in [3.05, 3.63) is 23.3 Å². The van der Waals surface area contributed by atoms with Gasteiger partial charge in [0, 0.05) is 0 Å². The van der Waals surface area contributed by atoms with Crippen molar-refractivity contribution < 1.29 is 9.18 Å². The molecule has 0 saturated carbocycles. The predicted molar refractivity (Wildman–Crippen MR) is 48.4 cm³/mol. The van der Waals surface area contributed by atoms with E-state index in [1.165, 1.54) is 0 Å². The second kappa shape index (κ2) is 4.03. The second-order valence-electron chi connectivity index (χ2n) is 2.43. The number of nitrogen functional groups attached to an aromatic ring is 1. The van der Waals surface area contributed by atoms with Gasteiger partial charge in [-0.1, -0.05) is 0 Å². The van der Waals surface area contributed by atoms with E-state index >= 15 is 0 Å². The van der Waals surface area contributed by atoms with Gasteiger partial charge >= 0.3 is 0 Å². The molecule has 14 heavy (non-hydrogen) atoms. The first-order chi connectivity index (χ1) is 6.60. The molecule has 0 atom stereocenters. The van der Waals surface area contributed by atoms with E-state index in [9.17, 15) is 9.18 Å². The third-order valence-corrected chi connectivity index (χ3v) is 1.78. The van der Waals surface area contributed by atoms with Crippen molar-refractivity contribution in [2.75, 3.05) is 11.6 Å². The summed E-state index contributed by atoms with van der Waals surface area (Å²) in [6.45, 7) is 0. The highest BCUT2D eigenvalue weighted by atomic mass is 35.5. The summed E-state index contributed by atoms with van der Waals surface area (Å²) in [5, 5.41) is 8.55. The number of nitrogens with two attached hydrogens (primary N) is 1. The second-order valence-corrected chi connectivity index (χ2v) is 2.70. The third kappa shape index (κ3) is 1.80. The summed E-state index contributed by atoms with van der Waals surface area (Å²) in [6.07, 6.45) is 0. The molecule has 0 amide bonds. The molecule has 1 rings (SSSR count). The molecule has 0 bridgehead atoms. The summed E-state index contributed by atoms with van der Waals surface area (Å²) in [4.78, 5) is 14.3. The van der Waals surface area contributed by atoms with Crippen molar-refractivity contribution in [3.8, 4) is 6.07 Å². The SMILES string of the molecule is N#Cc1cc(C(=O)CCl)nc(F)c1N. The molecule has 0 unspecified atom stereocenters. The van der Waals surface area contributed by atoms with Gasteiger partial charge in [-0.15, -0.1) is 11.6 Å². The molecule has 0 aromatic carbocycles. The van der Waals surface area contributed by atoms with Crippen LogP contribution in [0.25, 0.3) is 0 Å². The first-order valence-corrected chi connectivity index (χ1v) is 4.09. The van der Waals surface area contributed by atoms with Crippen molar-refractivity contribution in [1.82, 2.24) is 4.98 Å². The monoisotopic (exact) mass is 213 g/mol. The molecule has 0 aliphatic heterocycles. The van der Waals surface area contributed by atoms with E-state index in [1.807, 2.05) is 0 Å². The summed E-state index contributed by atoms with van der Waals surface area (Å²) < 4.78 is 12.9. The number of carbonyl (C=O) groups excluding carboxylic acids is 1. The summed E-state index contributed by atoms with van der Waals surface area (Å²) in [5.41, 5.74) is 4.53. The molecule has 1 heterocycles. The number of pyridine rings is 1. The Hall–Kier alpha value is -1.67. The number of nitriles is 1. The van der Waals surface area contributed by atoms with Crippen LogP contribution in [0, 0.1) is 17.3 Å². The number of nitrogens with zero attached hydrogens (tertiary/aromatic N) is 2. The smallest absolute Gasteiger partial charge is 0.238 e. The number of anilines is 1. The summed E-state index contributed by atoms with van der Waals surface area (Å²) in [6, 6.07) is 2.77. The van der Waals surface area contributed by atoms with E-state index < -0.39 is 11.7 Å². The predicted octanol–water partition coefficient (Wildman–Crippen LogP) is 1.10. The van der Waals surface area contributed by atoms with E-state index in [4.69, 9.17) is 22.6 Å². The maximum atomic E-state index is 12.9. The molecule has 0 spiro atoms. The average molecular weight is 214 g/mol. The molecule has 0 saturated heterocycles. The van der Waals surface area contributed by atoms with Crippen LogP contribution in [0.2, 0.25) is 0 Å². The topological polar surface area (TPSA) is 79.8 Å². The Labute approximate surface area is 84.1 Å². The van der Waals surface area contributed by atoms with Crippen LogP contribution in [0.15, 0.2) is 6.07 Å². The Bertz CT molecular complexity index is 427. The minimum Gasteiger partial charge on any atom is -0.394 e. The molecule has 2 N–H and O–H groups in total. The van der Waals surface area contributed by atoms with Crippen LogP contribution in [0.1, 0.15) is 16.1 Å². The Morgan fingerprint density at radius 3 is 2.93 bits per heavy atom. The van der Waals surface area contributed by atoms with Gasteiger partial charge in [-0.05, 0) is 6.07 Å². The van der Waals surface area contributed by atoms with Gasteiger partial charge in [0.1, 0.15) is 17.5 Å². The number of halogens is 2. The van der Waals surface area contributed by atoms with Gasteiger partial charge in [0.25, 0.3) is 0 Å². The maximum Gasteiger partial charge on any atom is 0.238 e. The van der Waals surface area contributed by atoms with Crippen molar-refractivity contribution >= 4 is 23.1 Å². The molecule has 1 aromatic rings. The number of aromatic nitrogens is 1. The van der Waals surface area contributed by atoms with Crippen LogP contribution in [-0.2, 0) is 0 Å².